The Morgan fingerprint density at radius 2 is 1.95 bits per heavy atom. The molecule has 0 aromatic carbocycles. The molecule has 20 heavy (non-hydrogen) atoms. The van der Waals surface area contributed by atoms with Crippen LogP contribution in [0.25, 0.3) is 0 Å². The van der Waals surface area contributed by atoms with Crippen LogP contribution in [0.1, 0.15) is 39.5 Å². The summed E-state index contributed by atoms with van der Waals surface area (Å²) in [5.74, 6) is 0.738. The summed E-state index contributed by atoms with van der Waals surface area (Å²) in [7, 11) is 2.15. The number of piperidine rings is 1. The minimum Gasteiger partial charge on any atom is -0.340 e. The van der Waals surface area contributed by atoms with Gasteiger partial charge in [0.05, 0.1) is 6.54 Å². The fourth-order valence-electron chi connectivity index (χ4n) is 3.10. The lowest BCUT2D eigenvalue weighted by Gasteiger charge is -2.40. The molecule has 2 saturated heterocycles. The average molecular weight is 281 g/mol. The third kappa shape index (κ3) is 3.32. The van der Waals surface area contributed by atoms with Gasteiger partial charge in [-0.2, -0.15) is 0 Å². The zero-order chi connectivity index (χ0) is 14.8. The summed E-state index contributed by atoms with van der Waals surface area (Å²) in [5, 5.41) is 2.83. The molecule has 2 amide bonds. The van der Waals surface area contributed by atoms with Gasteiger partial charge in [0.1, 0.15) is 5.54 Å². The van der Waals surface area contributed by atoms with Crippen LogP contribution in [0, 0.1) is 5.92 Å². The maximum absolute atomic E-state index is 12.5. The number of nitrogens with zero attached hydrogens (tertiary/aromatic N) is 2. The molecule has 0 bridgehead atoms. The summed E-state index contributed by atoms with van der Waals surface area (Å²) < 4.78 is 0. The van der Waals surface area contributed by atoms with Crippen molar-refractivity contribution in [3.63, 3.8) is 0 Å². The zero-order valence-corrected chi connectivity index (χ0v) is 12.9. The Bertz CT molecular complexity index is 377. The molecule has 2 aliphatic rings. The fourth-order valence-corrected chi connectivity index (χ4v) is 3.10. The highest BCUT2D eigenvalue weighted by atomic mass is 16.2. The van der Waals surface area contributed by atoms with Gasteiger partial charge in [-0.1, -0.05) is 6.92 Å². The molecule has 5 nitrogen and oxygen atoms in total. The van der Waals surface area contributed by atoms with Crippen molar-refractivity contribution in [2.45, 2.75) is 45.1 Å². The Labute approximate surface area is 121 Å². The van der Waals surface area contributed by atoms with E-state index in [0.717, 1.165) is 26.1 Å². The Hall–Kier alpha value is -1.10. The highest BCUT2D eigenvalue weighted by Crippen LogP contribution is 2.22. The van der Waals surface area contributed by atoms with E-state index in [-0.39, 0.29) is 18.4 Å². The molecule has 0 saturated carbocycles. The van der Waals surface area contributed by atoms with Crippen LogP contribution < -0.4 is 5.32 Å². The predicted molar refractivity (Wildman–Crippen MR) is 78.3 cm³/mol. The Morgan fingerprint density at radius 3 is 2.55 bits per heavy atom. The van der Waals surface area contributed by atoms with Crippen molar-refractivity contribution in [2.75, 3.05) is 33.2 Å². The van der Waals surface area contributed by atoms with Gasteiger partial charge in [-0.05, 0) is 58.7 Å². The molecule has 0 spiro atoms. The van der Waals surface area contributed by atoms with E-state index in [2.05, 4.69) is 17.3 Å². The molecule has 1 N–H and O–H groups in total. The number of amides is 2. The normalized spacial score (nSPS) is 29.6. The van der Waals surface area contributed by atoms with Crippen LogP contribution in [0.2, 0.25) is 0 Å². The smallest absolute Gasteiger partial charge is 0.248 e. The monoisotopic (exact) mass is 281 g/mol. The molecule has 114 valence electrons. The van der Waals surface area contributed by atoms with Gasteiger partial charge in [0.15, 0.2) is 0 Å². The van der Waals surface area contributed by atoms with Crippen LogP contribution in [0.3, 0.4) is 0 Å². The molecule has 1 unspecified atom stereocenters. The number of carbonyl (C=O) groups is 2. The van der Waals surface area contributed by atoms with Gasteiger partial charge in [0.2, 0.25) is 11.8 Å². The molecule has 1 atom stereocenters. The Kier molecular flexibility index (Phi) is 4.68. The lowest BCUT2D eigenvalue weighted by molar-refractivity contribution is -0.149. The molecule has 0 radical (unpaired) electrons. The topological polar surface area (TPSA) is 52.7 Å². The van der Waals surface area contributed by atoms with E-state index in [0.29, 0.717) is 12.3 Å². The van der Waals surface area contributed by atoms with Gasteiger partial charge in [0, 0.05) is 6.54 Å². The van der Waals surface area contributed by atoms with Gasteiger partial charge in [-0.25, -0.2) is 0 Å². The number of rotatable bonds is 4. The van der Waals surface area contributed by atoms with Gasteiger partial charge in [-0.3, -0.25) is 9.59 Å². The van der Waals surface area contributed by atoms with E-state index in [9.17, 15) is 9.59 Å². The van der Waals surface area contributed by atoms with Crippen molar-refractivity contribution in [3.05, 3.63) is 0 Å². The van der Waals surface area contributed by atoms with Crippen molar-refractivity contribution < 1.29 is 9.59 Å². The first-order valence-corrected chi connectivity index (χ1v) is 7.73. The highest BCUT2D eigenvalue weighted by Gasteiger charge is 2.41. The van der Waals surface area contributed by atoms with Gasteiger partial charge in [0.25, 0.3) is 0 Å². The largest absolute Gasteiger partial charge is 0.340 e. The summed E-state index contributed by atoms with van der Waals surface area (Å²) in [4.78, 5) is 28.3. The molecular formula is C15H27N3O2. The van der Waals surface area contributed by atoms with Crippen LogP contribution in [-0.4, -0.2) is 60.4 Å². The number of piperazine rings is 1. The number of hydrogen-bond acceptors (Lipinski definition) is 3. The second kappa shape index (κ2) is 6.12. The molecule has 0 aromatic rings. The highest BCUT2D eigenvalue weighted by molar-refractivity contribution is 5.97. The fraction of sp³-hybridized carbons (Fsp3) is 0.867. The molecule has 2 aliphatic heterocycles. The van der Waals surface area contributed by atoms with Crippen molar-refractivity contribution >= 4 is 11.8 Å². The van der Waals surface area contributed by atoms with Gasteiger partial charge in [-0.15, -0.1) is 0 Å². The van der Waals surface area contributed by atoms with Crippen LogP contribution in [0.15, 0.2) is 0 Å². The molecular weight excluding hydrogens is 254 g/mol. The maximum Gasteiger partial charge on any atom is 0.248 e. The summed E-state index contributed by atoms with van der Waals surface area (Å²) in [6.07, 6.45) is 4.07. The van der Waals surface area contributed by atoms with E-state index in [4.69, 9.17) is 0 Å². The minimum atomic E-state index is -0.706. The minimum absolute atomic E-state index is 0.0303. The first-order valence-electron chi connectivity index (χ1n) is 7.73. The quantitative estimate of drug-likeness (QED) is 0.831. The molecule has 0 aromatic heterocycles. The number of nitrogens with one attached hydrogen (secondary N) is 1. The second-order valence-electron chi connectivity index (χ2n) is 6.50. The number of carbonyl (C=O) groups excluding carboxylic acids is 2. The molecule has 5 heteroatoms. The van der Waals surface area contributed by atoms with E-state index < -0.39 is 5.54 Å². The van der Waals surface area contributed by atoms with Crippen molar-refractivity contribution in [1.29, 1.82) is 0 Å². The van der Waals surface area contributed by atoms with Crippen molar-refractivity contribution in [2.24, 2.45) is 5.92 Å². The van der Waals surface area contributed by atoms with Gasteiger partial charge < -0.3 is 15.1 Å². The Morgan fingerprint density at radius 1 is 1.30 bits per heavy atom. The van der Waals surface area contributed by atoms with E-state index in [1.165, 1.54) is 12.8 Å². The lowest BCUT2D eigenvalue weighted by atomic mass is 9.91. The predicted octanol–water partition coefficient (Wildman–Crippen LogP) is 0.845. The molecule has 0 aliphatic carbocycles. The van der Waals surface area contributed by atoms with Crippen LogP contribution in [-0.2, 0) is 9.59 Å². The van der Waals surface area contributed by atoms with Crippen molar-refractivity contribution in [3.8, 4) is 0 Å². The summed E-state index contributed by atoms with van der Waals surface area (Å²) in [6.45, 7) is 7.00. The summed E-state index contributed by atoms with van der Waals surface area (Å²) in [6, 6.07) is 0. The molecule has 2 rings (SSSR count). The third-order valence-electron chi connectivity index (χ3n) is 4.86. The van der Waals surface area contributed by atoms with Crippen molar-refractivity contribution in [1.82, 2.24) is 15.1 Å². The maximum atomic E-state index is 12.5. The molecule has 2 heterocycles. The average Bonchev–Trinajstić information content (AvgIpc) is 2.43. The third-order valence-corrected chi connectivity index (χ3v) is 4.86. The number of hydrogen-bond donors (Lipinski definition) is 1. The van der Waals surface area contributed by atoms with Crippen LogP contribution >= 0.6 is 0 Å². The van der Waals surface area contributed by atoms with Crippen LogP contribution in [0.4, 0.5) is 0 Å². The lowest BCUT2D eigenvalue weighted by Crippen LogP contribution is -2.65. The van der Waals surface area contributed by atoms with E-state index in [1.807, 2.05) is 13.8 Å². The summed E-state index contributed by atoms with van der Waals surface area (Å²) in [5.41, 5.74) is -0.706. The zero-order valence-electron chi connectivity index (χ0n) is 12.9. The van der Waals surface area contributed by atoms with E-state index >= 15 is 0 Å². The second-order valence-corrected chi connectivity index (χ2v) is 6.50. The van der Waals surface area contributed by atoms with Crippen LogP contribution in [0.5, 0.6) is 0 Å². The summed E-state index contributed by atoms with van der Waals surface area (Å²) >= 11 is 0. The number of likely N-dealkylation sites (tertiary alicyclic amines) is 1. The van der Waals surface area contributed by atoms with Gasteiger partial charge >= 0.3 is 0 Å². The molecule has 2 fully saturated rings. The standard InChI is InChI=1S/C15H27N3O2/c1-4-15(2)14(20)18(11-13(19)16-15)10-7-12-5-8-17(3)9-6-12/h12H,4-11H2,1-3H3,(H,16,19). The first-order chi connectivity index (χ1) is 9.44. The van der Waals surface area contributed by atoms with E-state index in [1.54, 1.807) is 4.90 Å². The first kappa shape index (κ1) is 15.3. The Balaban J connectivity index is 1.88. The SMILES string of the molecule is CCC1(C)NC(=O)CN(CCC2CCN(C)CC2)C1=O.